The molecular weight excluding hydrogens is 530 g/mol. The fraction of sp³-hybridized carbons (Fsp3) is 0.382. The number of phenols is 1. The van der Waals surface area contributed by atoms with Gasteiger partial charge in [0.15, 0.2) is 17.6 Å². The smallest absolute Gasteiger partial charge is 0.166 e. The molecule has 1 aromatic heterocycles. The number of aromatic nitrogens is 1. The summed E-state index contributed by atoms with van der Waals surface area (Å²) in [6.07, 6.45) is 4.36. The van der Waals surface area contributed by atoms with E-state index in [9.17, 15) is 10.2 Å². The molecular formula is C34H31N3O3S. The first-order valence-electron chi connectivity index (χ1n) is 14.8. The summed E-state index contributed by atoms with van der Waals surface area (Å²) in [5.41, 5.74) is 5.98. The molecule has 3 aliphatic carbocycles. The van der Waals surface area contributed by atoms with Gasteiger partial charge in [-0.25, -0.2) is 0 Å². The Morgan fingerprint density at radius 3 is 2.83 bits per heavy atom. The number of hydrogen-bond acceptors (Lipinski definition) is 6. The minimum atomic E-state index is -0.993. The Hall–Kier alpha value is -3.48. The molecule has 6 nitrogen and oxygen atoms in total. The molecule has 0 amide bonds. The van der Waals surface area contributed by atoms with Crippen molar-refractivity contribution in [1.82, 2.24) is 9.47 Å². The first kappa shape index (κ1) is 24.2. The maximum Gasteiger partial charge on any atom is 0.166 e. The lowest BCUT2D eigenvalue weighted by atomic mass is 9.49. The van der Waals surface area contributed by atoms with Crippen LogP contribution in [0, 0.1) is 5.92 Å². The number of aromatic hydroxyl groups is 1. The number of rotatable bonds is 5. The van der Waals surface area contributed by atoms with Crippen molar-refractivity contribution in [3.8, 4) is 11.5 Å². The minimum absolute atomic E-state index is 0.0189. The lowest BCUT2D eigenvalue weighted by Gasteiger charge is -2.63. The molecule has 1 saturated heterocycles. The Morgan fingerprint density at radius 2 is 1.98 bits per heavy atom. The van der Waals surface area contributed by atoms with Gasteiger partial charge in [0.25, 0.3) is 0 Å². The topological polar surface area (TPSA) is 70.2 Å². The van der Waals surface area contributed by atoms with Crippen molar-refractivity contribution in [2.24, 2.45) is 10.9 Å². The number of aliphatic hydroxyl groups is 1. The van der Waals surface area contributed by atoms with E-state index < -0.39 is 17.1 Å². The minimum Gasteiger partial charge on any atom is -0.504 e. The number of aliphatic imine (C=N–C) groups is 1. The molecule has 2 N–H and O–H groups in total. The number of phenolic OH excluding ortho intramolecular Hbond substituents is 1. The van der Waals surface area contributed by atoms with Crippen molar-refractivity contribution >= 4 is 34.0 Å². The molecule has 3 heterocycles. The van der Waals surface area contributed by atoms with Crippen molar-refractivity contribution in [2.45, 2.75) is 61.8 Å². The molecule has 9 rings (SSSR count). The zero-order valence-electron chi connectivity index (χ0n) is 22.7. The molecule has 4 atom stereocenters. The summed E-state index contributed by atoms with van der Waals surface area (Å²) in [4.78, 5) is 6.79. The third-order valence-electron chi connectivity index (χ3n) is 10.8. The van der Waals surface area contributed by atoms with E-state index in [4.69, 9.17) is 17.0 Å². The Labute approximate surface area is 243 Å². The first-order chi connectivity index (χ1) is 20.0. The van der Waals surface area contributed by atoms with Crippen LogP contribution in [-0.2, 0) is 24.8 Å². The predicted molar refractivity (Wildman–Crippen MR) is 160 cm³/mol. The van der Waals surface area contributed by atoms with Crippen molar-refractivity contribution in [2.75, 3.05) is 13.1 Å². The van der Waals surface area contributed by atoms with Crippen LogP contribution in [0.4, 0.5) is 5.69 Å². The second kappa shape index (κ2) is 8.30. The quantitative estimate of drug-likeness (QED) is 0.237. The molecule has 2 aliphatic heterocycles. The fourth-order valence-electron chi connectivity index (χ4n) is 8.93. The number of isothiocyanates is 1. The Morgan fingerprint density at radius 1 is 1.10 bits per heavy atom. The van der Waals surface area contributed by atoms with Crippen LogP contribution < -0.4 is 4.74 Å². The summed E-state index contributed by atoms with van der Waals surface area (Å²) in [5.74, 6) is 1.49. The molecule has 4 aromatic rings. The predicted octanol–water partition coefficient (Wildman–Crippen LogP) is 5.83. The Balaban J connectivity index is 1.29. The molecule has 206 valence electrons. The number of fused-ring (bicyclic) bond motifs is 4. The molecule has 41 heavy (non-hydrogen) atoms. The van der Waals surface area contributed by atoms with Gasteiger partial charge in [0.2, 0.25) is 0 Å². The van der Waals surface area contributed by atoms with E-state index in [0.717, 1.165) is 59.9 Å². The Bertz CT molecular complexity index is 1820. The number of thiocarbonyl (C=S) groups is 1. The highest BCUT2D eigenvalue weighted by Gasteiger charge is 2.73. The van der Waals surface area contributed by atoms with Gasteiger partial charge in [0.1, 0.15) is 0 Å². The second-order valence-corrected chi connectivity index (χ2v) is 12.9. The molecule has 1 saturated carbocycles. The molecule has 7 heteroatoms. The number of para-hydroxylation sites is 1. The second-order valence-electron chi connectivity index (χ2n) is 12.8. The van der Waals surface area contributed by atoms with Crippen molar-refractivity contribution in [3.63, 3.8) is 0 Å². The zero-order chi connectivity index (χ0) is 27.5. The number of hydrogen-bond donors (Lipinski definition) is 2. The highest BCUT2D eigenvalue weighted by Crippen LogP contribution is 2.69. The molecule has 3 aromatic carbocycles. The highest BCUT2D eigenvalue weighted by atomic mass is 32.1. The van der Waals surface area contributed by atoms with Gasteiger partial charge < -0.3 is 19.5 Å². The number of piperidine rings is 1. The van der Waals surface area contributed by atoms with Crippen LogP contribution in [0.5, 0.6) is 11.5 Å². The number of nitrogens with zero attached hydrogens (tertiary/aromatic N) is 3. The lowest BCUT2D eigenvalue weighted by molar-refractivity contribution is -0.173. The van der Waals surface area contributed by atoms with Gasteiger partial charge in [0, 0.05) is 42.0 Å². The largest absolute Gasteiger partial charge is 0.504 e. The number of benzene rings is 3. The molecule has 1 spiro atoms. The zero-order valence-corrected chi connectivity index (χ0v) is 23.5. The summed E-state index contributed by atoms with van der Waals surface area (Å²) in [7, 11) is 0. The van der Waals surface area contributed by atoms with Crippen LogP contribution >= 0.6 is 12.2 Å². The standard InChI is InChI=1S/C34H31N3O3S/c38-27-11-10-22-15-28-34(39)16-25-24-6-1-2-7-26(24)37(18-21-4-3-5-23(14-21)35-19-41)30(25)32-33(34,29(22)31(27)40-32)12-13-36(28)17-20-8-9-20/h1-7,10-11,14,20,28,32,38-39H,8-9,12-13,15-18H2/t28-,32+,33+,34-/m1/s1. The van der Waals surface area contributed by atoms with Crippen molar-refractivity contribution in [3.05, 3.63) is 88.6 Å². The van der Waals surface area contributed by atoms with Gasteiger partial charge in [-0.15, -0.1) is 0 Å². The van der Waals surface area contributed by atoms with Gasteiger partial charge in [0.05, 0.1) is 27.6 Å². The summed E-state index contributed by atoms with van der Waals surface area (Å²) in [5, 5.41) is 27.9. The van der Waals surface area contributed by atoms with Gasteiger partial charge >= 0.3 is 0 Å². The summed E-state index contributed by atoms with van der Waals surface area (Å²) in [6.45, 7) is 2.63. The van der Waals surface area contributed by atoms with Gasteiger partial charge in [-0.1, -0.05) is 36.4 Å². The van der Waals surface area contributed by atoms with Crippen LogP contribution in [-0.4, -0.2) is 49.6 Å². The normalized spacial score (nSPS) is 29.0. The lowest BCUT2D eigenvalue weighted by Crippen LogP contribution is -2.74. The number of likely N-dealkylation sites (tertiary alicyclic amines) is 1. The molecule has 2 fully saturated rings. The third kappa shape index (κ3) is 3.10. The average molecular weight is 562 g/mol. The molecule has 0 unspecified atom stereocenters. The van der Waals surface area contributed by atoms with E-state index in [0.29, 0.717) is 18.7 Å². The van der Waals surface area contributed by atoms with Crippen LogP contribution in [0.3, 0.4) is 0 Å². The Kier molecular flexibility index (Phi) is 4.89. The maximum absolute atomic E-state index is 13.2. The first-order valence-corrected chi connectivity index (χ1v) is 15.2. The summed E-state index contributed by atoms with van der Waals surface area (Å²) >= 11 is 4.86. The highest BCUT2D eigenvalue weighted by molar-refractivity contribution is 7.78. The van der Waals surface area contributed by atoms with E-state index in [-0.39, 0.29) is 11.8 Å². The van der Waals surface area contributed by atoms with E-state index in [2.05, 4.69) is 62.1 Å². The molecule has 0 radical (unpaired) electrons. The van der Waals surface area contributed by atoms with E-state index in [1.165, 1.54) is 29.4 Å². The van der Waals surface area contributed by atoms with Gasteiger partial charge in [-0.2, -0.15) is 4.99 Å². The van der Waals surface area contributed by atoms with Crippen molar-refractivity contribution < 1.29 is 14.9 Å². The van der Waals surface area contributed by atoms with E-state index >= 15 is 0 Å². The van der Waals surface area contributed by atoms with Crippen LogP contribution in [0.25, 0.3) is 10.9 Å². The van der Waals surface area contributed by atoms with Gasteiger partial charge in [-0.3, -0.25) is 4.90 Å². The summed E-state index contributed by atoms with van der Waals surface area (Å²) < 4.78 is 9.29. The molecule has 5 aliphatic rings. The molecule has 2 bridgehead atoms. The van der Waals surface area contributed by atoms with E-state index in [1.54, 1.807) is 6.07 Å². The SMILES string of the molecule is Oc1ccc2c3c1O[C@H]1c4c(c5ccccc5n4Cc4cccc(N=C=S)c4)C[C@@]4(O)[C@@H](C2)N(CC2CC2)CC[C@]314. The third-order valence-corrected chi connectivity index (χ3v) is 10.8. The van der Waals surface area contributed by atoms with Crippen LogP contribution in [0.2, 0.25) is 0 Å². The monoisotopic (exact) mass is 561 g/mol. The average Bonchev–Trinajstić information content (AvgIpc) is 3.65. The van der Waals surface area contributed by atoms with E-state index in [1.807, 2.05) is 12.1 Å². The van der Waals surface area contributed by atoms with Crippen LogP contribution in [0.1, 0.15) is 53.3 Å². The van der Waals surface area contributed by atoms with Crippen LogP contribution in [0.15, 0.2) is 65.7 Å². The van der Waals surface area contributed by atoms with Gasteiger partial charge in [-0.05, 0) is 91.3 Å². The summed E-state index contributed by atoms with van der Waals surface area (Å²) in [6, 6.07) is 20.5. The maximum atomic E-state index is 13.2. The number of ether oxygens (including phenoxy) is 1. The van der Waals surface area contributed by atoms with Crippen molar-refractivity contribution in [1.29, 1.82) is 0 Å². The fourth-order valence-corrected chi connectivity index (χ4v) is 9.04.